The Labute approximate surface area is 112 Å². The molecule has 0 spiro atoms. The first kappa shape index (κ1) is 12.5. The lowest BCUT2D eigenvalue weighted by Gasteiger charge is -2.12. The van der Waals surface area contributed by atoms with Crippen LogP contribution in [0.2, 0.25) is 0 Å². The predicted molar refractivity (Wildman–Crippen MR) is 69.1 cm³/mol. The maximum atomic E-state index is 12.7. The van der Waals surface area contributed by atoms with Gasteiger partial charge in [-0.2, -0.15) is 13.2 Å². The van der Waals surface area contributed by atoms with Crippen molar-refractivity contribution in [1.82, 2.24) is 0 Å². The van der Waals surface area contributed by atoms with Crippen molar-refractivity contribution in [3.05, 3.63) is 53.6 Å². The van der Waals surface area contributed by atoms with Crippen LogP contribution >= 0.6 is 0 Å². The van der Waals surface area contributed by atoms with Gasteiger partial charge in [-0.3, -0.25) is 4.79 Å². The van der Waals surface area contributed by atoms with E-state index in [1.165, 1.54) is 6.07 Å². The Hall–Kier alpha value is -2.50. The molecule has 0 aromatic heterocycles. The molecular formula is C14H9F3N2O. The molecule has 1 amide bonds. The number of carbonyl (C=O) groups excluding carboxylic acids is 1. The number of nitrogens with one attached hydrogen (secondary N) is 2. The van der Waals surface area contributed by atoms with E-state index in [0.29, 0.717) is 16.9 Å². The summed E-state index contributed by atoms with van der Waals surface area (Å²) in [6, 6.07) is 9.82. The summed E-state index contributed by atoms with van der Waals surface area (Å²) in [5.41, 5.74) is 0.634. The van der Waals surface area contributed by atoms with Crippen molar-refractivity contribution in [2.45, 2.75) is 6.18 Å². The highest BCUT2D eigenvalue weighted by Gasteiger charge is 2.31. The smallest absolute Gasteiger partial charge is 0.353 e. The quantitative estimate of drug-likeness (QED) is 0.764. The summed E-state index contributed by atoms with van der Waals surface area (Å²) >= 11 is 0. The van der Waals surface area contributed by atoms with Crippen LogP contribution in [0, 0.1) is 0 Å². The second-order valence-corrected chi connectivity index (χ2v) is 4.38. The Balaban J connectivity index is 2.12. The van der Waals surface area contributed by atoms with Gasteiger partial charge in [0.05, 0.1) is 28.2 Å². The van der Waals surface area contributed by atoms with Crippen LogP contribution in [-0.2, 0) is 6.18 Å². The molecule has 0 atom stereocenters. The zero-order valence-electron chi connectivity index (χ0n) is 10.1. The van der Waals surface area contributed by atoms with Gasteiger partial charge in [0.2, 0.25) is 0 Å². The average Bonchev–Trinajstić information content (AvgIpc) is 2.53. The van der Waals surface area contributed by atoms with Crippen molar-refractivity contribution < 1.29 is 18.0 Å². The van der Waals surface area contributed by atoms with Gasteiger partial charge in [0.1, 0.15) is 0 Å². The van der Waals surface area contributed by atoms with Crippen molar-refractivity contribution >= 4 is 23.0 Å². The summed E-state index contributed by atoms with van der Waals surface area (Å²) in [7, 11) is 0. The number of hydrogen-bond donors (Lipinski definition) is 2. The van der Waals surface area contributed by atoms with Gasteiger partial charge in [-0.1, -0.05) is 12.1 Å². The molecule has 0 fully saturated rings. The summed E-state index contributed by atoms with van der Waals surface area (Å²) < 4.78 is 38.2. The van der Waals surface area contributed by atoms with Crippen molar-refractivity contribution in [3.8, 4) is 0 Å². The van der Waals surface area contributed by atoms with Crippen LogP contribution in [0.3, 0.4) is 0 Å². The van der Waals surface area contributed by atoms with Crippen molar-refractivity contribution in [2.75, 3.05) is 10.6 Å². The molecule has 0 aliphatic carbocycles. The van der Waals surface area contributed by atoms with Crippen molar-refractivity contribution in [3.63, 3.8) is 0 Å². The number of rotatable bonds is 0. The second kappa shape index (κ2) is 4.26. The van der Waals surface area contributed by atoms with E-state index in [1.807, 2.05) is 0 Å². The molecule has 0 bridgehead atoms. The highest BCUT2D eigenvalue weighted by Crippen LogP contribution is 2.37. The van der Waals surface area contributed by atoms with E-state index in [2.05, 4.69) is 10.6 Å². The van der Waals surface area contributed by atoms with Gasteiger partial charge < -0.3 is 10.6 Å². The van der Waals surface area contributed by atoms with Gasteiger partial charge in [-0.05, 0) is 30.3 Å². The molecule has 1 heterocycles. The van der Waals surface area contributed by atoms with Gasteiger partial charge in [-0.25, -0.2) is 0 Å². The minimum Gasteiger partial charge on any atom is -0.353 e. The lowest BCUT2D eigenvalue weighted by Crippen LogP contribution is -2.11. The third-order valence-electron chi connectivity index (χ3n) is 3.04. The molecule has 6 heteroatoms. The SMILES string of the molecule is O=C1Nc2ccc(C(F)(F)F)cc2Nc2ccccc21. The summed E-state index contributed by atoms with van der Waals surface area (Å²) in [4.78, 5) is 12.0. The Morgan fingerprint density at radius 1 is 0.850 bits per heavy atom. The van der Waals surface area contributed by atoms with Crippen molar-refractivity contribution in [2.24, 2.45) is 0 Å². The van der Waals surface area contributed by atoms with E-state index in [4.69, 9.17) is 0 Å². The van der Waals surface area contributed by atoms with E-state index in [1.54, 1.807) is 24.3 Å². The first-order valence-corrected chi connectivity index (χ1v) is 5.84. The summed E-state index contributed by atoms with van der Waals surface area (Å²) in [6.45, 7) is 0. The maximum Gasteiger partial charge on any atom is 0.416 e. The normalized spacial score (nSPS) is 13.7. The number of carbonyl (C=O) groups is 1. The molecule has 1 aliphatic heterocycles. The zero-order valence-corrected chi connectivity index (χ0v) is 10.1. The molecule has 20 heavy (non-hydrogen) atoms. The van der Waals surface area contributed by atoms with Crippen LogP contribution in [0.4, 0.5) is 30.2 Å². The molecule has 2 N–H and O–H groups in total. The number of benzene rings is 2. The van der Waals surface area contributed by atoms with E-state index in [-0.39, 0.29) is 11.6 Å². The lowest BCUT2D eigenvalue weighted by molar-refractivity contribution is -0.137. The first-order valence-electron chi connectivity index (χ1n) is 5.84. The van der Waals surface area contributed by atoms with E-state index < -0.39 is 11.7 Å². The van der Waals surface area contributed by atoms with Gasteiger partial charge in [0.15, 0.2) is 0 Å². The molecule has 0 saturated heterocycles. The number of para-hydroxylation sites is 1. The van der Waals surface area contributed by atoms with Crippen molar-refractivity contribution in [1.29, 1.82) is 0 Å². The third-order valence-corrected chi connectivity index (χ3v) is 3.04. The molecular weight excluding hydrogens is 269 g/mol. The molecule has 3 nitrogen and oxygen atoms in total. The van der Waals surface area contributed by atoms with Crippen LogP contribution in [0.5, 0.6) is 0 Å². The topological polar surface area (TPSA) is 41.1 Å². The van der Waals surface area contributed by atoms with Crippen LogP contribution in [0.15, 0.2) is 42.5 Å². The molecule has 1 aliphatic rings. The summed E-state index contributed by atoms with van der Waals surface area (Å²) in [6.07, 6.45) is -4.42. The fourth-order valence-corrected chi connectivity index (χ4v) is 2.06. The van der Waals surface area contributed by atoms with Gasteiger partial charge in [0, 0.05) is 0 Å². The summed E-state index contributed by atoms with van der Waals surface area (Å²) in [5, 5.41) is 5.45. The van der Waals surface area contributed by atoms with E-state index in [9.17, 15) is 18.0 Å². The fraction of sp³-hybridized carbons (Fsp3) is 0.0714. The highest BCUT2D eigenvalue weighted by atomic mass is 19.4. The van der Waals surface area contributed by atoms with Gasteiger partial charge >= 0.3 is 6.18 Å². The number of anilines is 3. The van der Waals surface area contributed by atoms with Gasteiger partial charge in [-0.15, -0.1) is 0 Å². The largest absolute Gasteiger partial charge is 0.416 e. The molecule has 3 rings (SSSR count). The maximum absolute atomic E-state index is 12.7. The van der Waals surface area contributed by atoms with Crippen LogP contribution in [0.1, 0.15) is 15.9 Å². The highest BCUT2D eigenvalue weighted by molar-refractivity contribution is 6.12. The number of halogens is 3. The van der Waals surface area contributed by atoms with Crippen LogP contribution in [-0.4, -0.2) is 5.91 Å². The fourth-order valence-electron chi connectivity index (χ4n) is 2.06. The van der Waals surface area contributed by atoms with E-state index >= 15 is 0 Å². The van der Waals surface area contributed by atoms with Crippen LogP contribution in [0.25, 0.3) is 0 Å². The molecule has 102 valence electrons. The summed E-state index contributed by atoms with van der Waals surface area (Å²) in [5.74, 6) is -0.355. The zero-order chi connectivity index (χ0) is 14.3. The molecule has 0 radical (unpaired) electrons. The number of hydrogen-bond acceptors (Lipinski definition) is 2. The molecule has 2 aromatic carbocycles. The van der Waals surface area contributed by atoms with Crippen LogP contribution < -0.4 is 10.6 Å². The minimum absolute atomic E-state index is 0.220. The molecule has 2 aromatic rings. The number of amides is 1. The number of fused-ring (bicyclic) bond motifs is 2. The Morgan fingerprint density at radius 2 is 1.60 bits per heavy atom. The second-order valence-electron chi connectivity index (χ2n) is 4.38. The Bertz CT molecular complexity index is 695. The Morgan fingerprint density at radius 3 is 2.35 bits per heavy atom. The predicted octanol–water partition coefficient (Wildman–Crippen LogP) is 4.01. The first-order chi connectivity index (χ1) is 9.45. The van der Waals surface area contributed by atoms with E-state index in [0.717, 1.165) is 12.1 Å². The standard InChI is InChI=1S/C14H9F3N2O/c15-14(16,17)8-5-6-11-12(7-8)18-10-4-2-1-3-9(10)13(20)19-11/h1-7,18H,(H,19,20). The minimum atomic E-state index is -4.42. The monoisotopic (exact) mass is 278 g/mol. The third kappa shape index (κ3) is 2.09. The average molecular weight is 278 g/mol. The Kier molecular flexibility index (Phi) is 2.67. The number of alkyl halides is 3. The molecule has 0 unspecified atom stereocenters. The van der Waals surface area contributed by atoms with Gasteiger partial charge in [0.25, 0.3) is 5.91 Å². The lowest BCUT2D eigenvalue weighted by atomic mass is 10.1. The molecule has 0 saturated carbocycles.